The molecule has 2 rings (SSSR count). The Hall–Kier alpha value is -1.63. The lowest BCUT2D eigenvalue weighted by molar-refractivity contribution is -0.127. The van der Waals surface area contributed by atoms with Gasteiger partial charge in [-0.1, -0.05) is 11.8 Å². The maximum absolute atomic E-state index is 11.9. The van der Waals surface area contributed by atoms with Crippen LogP contribution < -0.4 is 0 Å². The van der Waals surface area contributed by atoms with Gasteiger partial charge in [-0.3, -0.25) is 4.79 Å². The van der Waals surface area contributed by atoms with Crippen LogP contribution in [0.25, 0.3) is 5.78 Å². The fourth-order valence-corrected chi connectivity index (χ4v) is 2.72. The molecule has 0 N–H and O–H groups in total. The maximum atomic E-state index is 11.9. The topological polar surface area (TPSA) is 63.4 Å². The lowest BCUT2D eigenvalue weighted by atomic mass is 10.4. The molecule has 0 aliphatic heterocycles. The van der Waals surface area contributed by atoms with Crippen molar-refractivity contribution in [2.75, 3.05) is 18.8 Å². The van der Waals surface area contributed by atoms with Crippen LogP contribution >= 0.6 is 11.8 Å². The molecule has 7 heteroatoms. The van der Waals surface area contributed by atoms with Crippen LogP contribution in [0.15, 0.2) is 11.2 Å². The highest BCUT2D eigenvalue weighted by molar-refractivity contribution is 7.99. The summed E-state index contributed by atoms with van der Waals surface area (Å²) in [5.74, 6) is 1.05. The van der Waals surface area contributed by atoms with E-state index in [4.69, 9.17) is 0 Å². The van der Waals surface area contributed by atoms with Crippen LogP contribution in [0.3, 0.4) is 0 Å². The van der Waals surface area contributed by atoms with Crippen molar-refractivity contribution < 1.29 is 4.79 Å². The van der Waals surface area contributed by atoms with Gasteiger partial charge < -0.3 is 4.90 Å². The predicted octanol–water partition coefficient (Wildman–Crippen LogP) is 1.70. The van der Waals surface area contributed by atoms with E-state index in [1.165, 1.54) is 11.8 Å². The zero-order chi connectivity index (χ0) is 14.7. The van der Waals surface area contributed by atoms with Gasteiger partial charge in [0.15, 0.2) is 0 Å². The second kappa shape index (κ2) is 6.21. The highest BCUT2D eigenvalue weighted by Gasteiger charge is 2.13. The van der Waals surface area contributed by atoms with Crippen LogP contribution in [0.5, 0.6) is 0 Å². The minimum atomic E-state index is 0.111. The fraction of sp³-hybridized carbons (Fsp3) is 0.538. The van der Waals surface area contributed by atoms with E-state index in [2.05, 4.69) is 15.1 Å². The molecule has 2 aromatic rings. The van der Waals surface area contributed by atoms with Crippen LogP contribution in [0.2, 0.25) is 0 Å². The number of aryl methyl sites for hydroxylation is 2. The largest absolute Gasteiger partial charge is 0.343 e. The molecular weight excluding hydrogens is 274 g/mol. The third kappa shape index (κ3) is 3.09. The summed E-state index contributed by atoms with van der Waals surface area (Å²) in [6, 6.07) is 1.96. The molecule has 2 heterocycles. The number of rotatable bonds is 5. The number of thioether (sulfide) groups is 1. The van der Waals surface area contributed by atoms with E-state index in [9.17, 15) is 4.79 Å². The molecule has 0 aliphatic carbocycles. The number of aromatic nitrogens is 4. The molecule has 0 unspecified atom stereocenters. The molecule has 0 spiro atoms. The zero-order valence-electron chi connectivity index (χ0n) is 12.3. The summed E-state index contributed by atoms with van der Waals surface area (Å²) in [7, 11) is 0. The highest BCUT2D eigenvalue weighted by Crippen LogP contribution is 2.15. The van der Waals surface area contributed by atoms with Crippen molar-refractivity contribution in [3.8, 4) is 0 Å². The number of hydrogen-bond acceptors (Lipinski definition) is 5. The summed E-state index contributed by atoms with van der Waals surface area (Å²) in [4.78, 5) is 22.4. The molecule has 2 aromatic heterocycles. The van der Waals surface area contributed by atoms with E-state index in [1.807, 2.05) is 33.8 Å². The van der Waals surface area contributed by atoms with Gasteiger partial charge in [-0.25, -0.2) is 9.50 Å². The number of fused-ring (bicyclic) bond motifs is 1. The first kappa shape index (κ1) is 14.8. The first-order valence-electron chi connectivity index (χ1n) is 6.66. The van der Waals surface area contributed by atoms with Crippen molar-refractivity contribution in [3.63, 3.8) is 0 Å². The molecule has 0 aromatic carbocycles. The average Bonchev–Trinajstić information content (AvgIpc) is 2.81. The van der Waals surface area contributed by atoms with Gasteiger partial charge in [-0.05, 0) is 33.8 Å². The third-order valence-electron chi connectivity index (χ3n) is 3.04. The predicted molar refractivity (Wildman–Crippen MR) is 78.9 cm³/mol. The Morgan fingerprint density at radius 1 is 1.30 bits per heavy atom. The van der Waals surface area contributed by atoms with Gasteiger partial charge in [0.25, 0.3) is 5.78 Å². The van der Waals surface area contributed by atoms with Gasteiger partial charge in [0.2, 0.25) is 11.1 Å². The van der Waals surface area contributed by atoms with Gasteiger partial charge >= 0.3 is 0 Å². The number of carbonyl (C=O) groups excluding carboxylic acids is 1. The Morgan fingerprint density at radius 2 is 2.00 bits per heavy atom. The number of nitrogens with zero attached hydrogens (tertiary/aromatic N) is 5. The smallest absolute Gasteiger partial charge is 0.253 e. The first-order chi connectivity index (χ1) is 9.55. The molecule has 0 aliphatic rings. The van der Waals surface area contributed by atoms with E-state index >= 15 is 0 Å². The molecule has 0 fully saturated rings. The summed E-state index contributed by atoms with van der Waals surface area (Å²) in [5, 5.41) is 4.96. The van der Waals surface area contributed by atoms with Crippen molar-refractivity contribution >= 4 is 23.4 Å². The number of carbonyl (C=O) groups is 1. The van der Waals surface area contributed by atoms with Crippen LogP contribution in [0, 0.1) is 13.8 Å². The Balaban J connectivity index is 2.11. The summed E-state index contributed by atoms with van der Waals surface area (Å²) < 4.78 is 1.71. The zero-order valence-corrected chi connectivity index (χ0v) is 13.1. The van der Waals surface area contributed by atoms with Gasteiger partial charge in [0.1, 0.15) is 0 Å². The molecule has 6 nitrogen and oxygen atoms in total. The van der Waals surface area contributed by atoms with Crippen molar-refractivity contribution in [1.82, 2.24) is 24.5 Å². The Bertz CT molecular complexity index is 620. The molecule has 0 saturated carbocycles. The maximum Gasteiger partial charge on any atom is 0.253 e. The molecule has 0 saturated heterocycles. The second-order valence-electron chi connectivity index (χ2n) is 4.50. The van der Waals surface area contributed by atoms with Crippen LogP contribution in [0.4, 0.5) is 0 Å². The lowest BCUT2D eigenvalue weighted by Gasteiger charge is -2.17. The molecular formula is C13H19N5OS. The van der Waals surface area contributed by atoms with Gasteiger partial charge in [-0.15, -0.1) is 5.10 Å². The lowest BCUT2D eigenvalue weighted by Crippen LogP contribution is -2.31. The normalized spacial score (nSPS) is 11.0. The first-order valence-corrected chi connectivity index (χ1v) is 7.65. The molecule has 108 valence electrons. The van der Waals surface area contributed by atoms with E-state index in [-0.39, 0.29) is 5.91 Å². The SMILES string of the molecule is CCN(CC)C(=O)CSc1nc2nc(C)cc(C)n2n1. The monoisotopic (exact) mass is 293 g/mol. The van der Waals surface area contributed by atoms with Crippen molar-refractivity contribution in [2.24, 2.45) is 0 Å². The molecule has 0 radical (unpaired) electrons. The van der Waals surface area contributed by atoms with Gasteiger partial charge in [0.05, 0.1) is 5.75 Å². The summed E-state index contributed by atoms with van der Waals surface area (Å²) in [6.45, 7) is 9.31. The van der Waals surface area contributed by atoms with Crippen molar-refractivity contribution in [2.45, 2.75) is 32.9 Å². The minimum absolute atomic E-state index is 0.111. The minimum Gasteiger partial charge on any atom is -0.343 e. The quantitative estimate of drug-likeness (QED) is 0.785. The summed E-state index contributed by atoms with van der Waals surface area (Å²) in [6.07, 6.45) is 0. The number of amides is 1. The van der Waals surface area contributed by atoms with Crippen LogP contribution in [0.1, 0.15) is 25.2 Å². The highest BCUT2D eigenvalue weighted by atomic mass is 32.2. The second-order valence-corrected chi connectivity index (χ2v) is 5.44. The van der Waals surface area contributed by atoms with Crippen LogP contribution in [-0.4, -0.2) is 49.2 Å². The van der Waals surface area contributed by atoms with E-state index < -0.39 is 0 Å². The molecule has 20 heavy (non-hydrogen) atoms. The van der Waals surface area contributed by atoms with Crippen molar-refractivity contribution in [3.05, 3.63) is 17.5 Å². The Morgan fingerprint density at radius 3 is 2.65 bits per heavy atom. The number of hydrogen-bond donors (Lipinski definition) is 0. The van der Waals surface area contributed by atoms with Gasteiger partial charge in [-0.2, -0.15) is 4.98 Å². The van der Waals surface area contributed by atoms with E-state index in [0.29, 0.717) is 16.7 Å². The standard InChI is InChI=1S/C13H19N5OS/c1-5-17(6-2)11(19)8-20-13-15-12-14-9(3)7-10(4)18(12)16-13/h7H,5-6,8H2,1-4H3. The van der Waals surface area contributed by atoms with Gasteiger partial charge in [0, 0.05) is 24.5 Å². The molecule has 1 amide bonds. The Labute approximate surface area is 122 Å². The van der Waals surface area contributed by atoms with E-state index in [0.717, 1.165) is 24.5 Å². The van der Waals surface area contributed by atoms with Crippen LogP contribution in [-0.2, 0) is 4.79 Å². The fourth-order valence-electron chi connectivity index (χ4n) is 2.00. The summed E-state index contributed by atoms with van der Waals surface area (Å²) in [5.41, 5.74) is 1.90. The third-order valence-corrected chi connectivity index (χ3v) is 3.86. The molecule has 0 atom stereocenters. The average molecular weight is 293 g/mol. The summed E-state index contributed by atoms with van der Waals surface area (Å²) >= 11 is 1.35. The molecule has 0 bridgehead atoms. The Kier molecular flexibility index (Phi) is 4.59. The van der Waals surface area contributed by atoms with Crippen molar-refractivity contribution in [1.29, 1.82) is 0 Å². The van der Waals surface area contributed by atoms with E-state index in [1.54, 1.807) is 9.42 Å².